The van der Waals surface area contributed by atoms with Crippen molar-refractivity contribution in [2.24, 2.45) is 11.7 Å². The first kappa shape index (κ1) is 16.2. The van der Waals surface area contributed by atoms with Crippen molar-refractivity contribution < 1.29 is 19.1 Å². The molecule has 25 heavy (non-hydrogen) atoms. The van der Waals surface area contributed by atoms with Crippen LogP contribution in [0.2, 0.25) is 0 Å². The van der Waals surface area contributed by atoms with Gasteiger partial charge >= 0.3 is 0 Å². The van der Waals surface area contributed by atoms with E-state index < -0.39 is 6.04 Å². The number of carbonyl (C=O) groups is 2. The molecule has 2 aliphatic heterocycles. The third-order valence-corrected chi connectivity index (χ3v) is 5.18. The minimum atomic E-state index is -0.427. The number of rotatable bonds is 5. The molecule has 2 heterocycles. The molecule has 1 aromatic rings. The van der Waals surface area contributed by atoms with Gasteiger partial charge in [-0.25, -0.2) is 0 Å². The SMILES string of the molecule is NC(CNC(=O)C1CCCN1C(=O)c1ccc2c(c1)OCO2)C1CC1. The Kier molecular flexibility index (Phi) is 4.25. The first-order chi connectivity index (χ1) is 12.1. The van der Waals surface area contributed by atoms with Crippen LogP contribution >= 0.6 is 0 Å². The molecule has 1 saturated carbocycles. The third-order valence-electron chi connectivity index (χ3n) is 5.18. The summed E-state index contributed by atoms with van der Waals surface area (Å²) in [5.41, 5.74) is 6.56. The molecule has 0 spiro atoms. The van der Waals surface area contributed by atoms with Gasteiger partial charge in [0.1, 0.15) is 6.04 Å². The third kappa shape index (κ3) is 3.28. The zero-order chi connectivity index (χ0) is 17.4. The molecule has 1 aliphatic carbocycles. The van der Waals surface area contributed by atoms with E-state index in [1.807, 2.05) is 0 Å². The van der Waals surface area contributed by atoms with Crippen LogP contribution in [0, 0.1) is 5.92 Å². The molecule has 0 bridgehead atoms. The van der Waals surface area contributed by atoms with Gasteiger partial charge in [-0.1, -0.05) is 0 Å². The van der Waals surface area contributed by atoms with Crippen LogP contribution in [0.1, 0.15) is 36.0 Å². The summed E-state index contributed by atoms with van der Waals surface area (Å²) in [4.78, 5) is 27.0. The molecule has 3 N–H and O–H groups in total. The van der Waals surface area contributed by atoms with Gasteiger partial charge in [0.2, 0.25) is 12.7 Å². The maximum Gasteiger partial charge on any atom is 0.254 e. The molecule has 4 rings (SSSR count). The zero-order valence-corrected chi connectivity index (χ0v) is 14.1. The van der Waals surface area contributed by atoms with Crippen LogP contribution in [0.3, 0.4) is 0 Å². The van der Waals surface area contributed by atoms with E-state index in [4.69, 9.17) is 15.2 Å². The Morgan fingerprint density at radius 3 is 2.84 bits per heavy atom. The molecule has 7 nitrogen and oxygen atoms in total. The Balaban J connectivity index is 1.41. The van der Waals surface area contributed by atoms with Crippen molar-refractivity contribution in [3.05, 3.63) is 23.8 Å². The number of fused-ring (bicyclic) bond motifs is 1. The first-order valence-electron chi connectivity index (χ1n) is 8.87. The van der Waals surface area contributed by atoms with Crippen LogP contribution in [-0.4, -0.2) is 48.7 Å². The highest BCUT2D eigenvalue weighted by atomic mass is 16.7. The van der Waals surface area contributed by atoms with Crippen molar-refractivity contribution in [3.8, 4) is 11.5 Å². The number of nitrogens with zero attached hydrogens (tertiary/aromatic N) is 1. The lowest BCUT2D eigenvalue weighted by Crippen LogP contribution is -2.48. The van der Waals surface area contributed by atoms with Gasteiger partial charge in [0.25, 0.3) is 5.91 Å². The quantitative estimate of drug-likeness (QED) is 0.826. The topological polar surface area (TPSA) is 93.9 Å². The summed E-state index contributed by atoms with van der Waals surface area (Å²) in [6, 6.07) is 4.72. The van der Waals surface area contributed by atoms with Crippen molar-refractivity contribution in [2.75, 3.05) is 19.9 Å². The first-order valence-corrected chi connectivity index (χ1v) is 8.87. The van der Waals surface area contributed by atoms with Gasteiger partial charge in [-0.15, -0.1) is 0 Å². The highest BCUT2D eigenvalue weighted by molar-refractivity contribution is 5.98. The second-order valence-electron chi connectivity index (χ2n) is 6.97. The summed E-state index contributed by atoms with van der Waals surface area (Å²) < 4.78 is 10.6. The van der Waals surface area contributed by atoms with Gasteiger partial charge in [-0.05, 0) is 49.8 Å². The lowest BCUT2D eigenvalue weighted by molar-refractivity contribution is -0.124. The van der Waals surface area contributed by atoms with Gasteiger partial charge in [0.05, 0.1) is 0 Å². The predicted molar refractivity (Wildman–Crippen MR) is 90.3 cm³/mol. The Morgan fingerprint density at radius 1 is 1.24 bits per heavy atom. The van der Waals surface area contributed by atoms with Gasteiger partial charge in [0.15, 0.2) is 11.5 Å². The second-order valence-corrected chi connectivity index (χ2v) is 6.97. The van der Waals surface area contributed by atoms with Crippen molar-refractivity contribution in [1.29, 1.82) is 0 Å². The van der Waals surface area contributed by atoms with Gasteiger partial charge < -0.3 is 25.4 Å². The van der Waals surface area contributed by atoms with E-state index in [0.717, 1.165) is 19.3 Å². The Labute approximate surface area is 146 Å². The normalized spacial score (nSPS) is 22.8. The molecule has 2 amide bonds. The number of amides is 2. The van der Waals surface area contributed by atoms with E-state index in [-0.39, 0.29) is 24.6 Å². The molecule has 3 aliphatic rings. The molecule has 2 atom stereocenters. The number of nitrogens with two attached hydrogens (primary N) is 1. The summed E-state index contributed by atoms with van der Waals surface area (Å²) in [6.45, 7) is 1.23. The number of carbonyl (C=O) groups excluding carboxylic acids is 2. The van der Waals surface area contributed by atoms with Crippen molar-refractivity contribution in [2.45, 2.75) is 37.8 Å². The summed E-state index contributed by atoms with van der Waals surface area (Å²) >= 11 is 0. The fraction of sp³-hybridized carbons (Fsp3) is 0.556. The lowest BCUT2D eigenvalue weighted by atomic mass is 10.1. The van der Waals surface area contributed by atoms with Crippen LogP contribution in [0.5, 0.6) is 11.5 Å². The van der Waals surface area contributed by atoms with E-state index in [1.54, 1.807) is 23.1 Å². The molecule has 1 saturated heterocycles. The highest BCUT2D eigenvalue weighted by Crippen LogP contribution is 2.33. The lowest BCUT2D eigenvalue weighted by Gasteiger charge is -2.24. The van der Waals surface area contributed by atoms with Crippen LogP contribution in [0.4, 0.5) is 0 Å². The summed E-state index contributed by atoms with van der Waals surface area (Å²) in [6.07, 6.45) is 3.80. The molecule has 134 valence electrons. The molecule has 2 unspecified atom stereocenters. The Morgan fingerprint density at radius 2 is 2.04 bits per heavy atom. The summed E-state index contributed by atoms with van der Waals surface area (Å²) in [7, 11) is 0. The van der Waals surface area contributed by atoms with Crippen molar-refractivity contribution in [1.82, 2.24) is 10.2 Å². The fourth-order valence-electron chi connectivity index (χ4n) is 3.51. The van der Waals surface area contributed by atoms with Crippen LogP contribution in [0.15, 0.2) is 18.2 Å². The summed E-state index contributed by atoms with van der Waals surface area (Å²) in [5.74, 6) is 1.49. The van der Waals surface area contributed by atoms with E-state index in [2.05, 4.69) is 5.32 Å². The highest BCUT2D eigenvalue weighted by Gasteiger charge is 2.36. The molecular formula is C18H23N3O4. The number of hydrogen-bond acceptors (Lipinski definition) is 5. The number of ether oxygens (including phenoxy) is 2. The molecule has 0 aromatic heterocycles. The number of nitrogens with one attached hydrogen (secondary N) is 1. The smallest absolute Gasteiger partial charge is 0.254 e. The largest absolute Gasteiger partial charge is 0.454 e. The van der Waals surface area contributed by atoms with Gasteiger partial charge in [-0.2, -0.15) is 0 Å². The second kappa shape index (κ2) is 6.55. The Hall–Kier alpha value is -2.28. The average molecular weight is 345 g/mol. The standard InChI is InChI=1S/C18H23N3O4/c19-13(11-3-4-11)9-20-17(22)14-2-1-7-21(14)18(23)12-5-6-15-16(8-12)25-10-24-15/h5-6,8,11,13-14H,1-4,7,9-10,19H2,(H,20,22). The van der Waals surface area contributed by atoms with E-state index in [1.165, 1.54) is 0 Å². The zero-order valence-electron chi connectivity index (χ0n) is 14.1. The van der Waals surface area contributed by atoms with E-state index in [0.29, 0.717) is 42.5 Å². The monoisotopic (exact) mass is 345 g/mol. The van der Waals surface area contributed by atoms with Crippen molar-refractivity contribution >= 4 is 11.8 Å². The van der Waals surface area contributed by atoms with E-state index in [9.17, 15) is 9.59 Å². The van der Waals surface area contributed by atoms with Gasteiger partial charge in [-0.3, -0.25) is 9.59 Å². The number of benzene rings is 1. The molecule has 0 radical (unpaired) electrons. The Bertz CT molecular complexity index is 689. The van der Waals surface area contributed by atoms with Gasteiger partial charge in [0, 0.05) is 24.7 Å². The molecule has 1 aromatic carbocycles. The molecular weight excluding hydrogens is 322 g/mol. The fourth-order valence-corrected chi connectivity index (χ4v) is 3.51. The number of hydrogen-bond donors (Lipinski definition) is 2. The number of likely N-dealkylation sites (tertiary alicyclic amines) is 1. The molecule has 7 heteroatoms. The minimum absolute atomic E-state index is 0.0170. The van der Waals surface area contributed by atoms with Crippen LogP contribution < -0.4 is 20.5 Å². The maximum absolute atomic E-state index is 12.8. The van der Waals surface area contributed by atoms with Crippen LogP contribution in [-0.2, 0) is 4.79 Å². The summed E-state index contributed by atoms with van der Waals surface area (Å²) in [5, 5.41) is 2.92. The van der Waals surface area contributed by atoms with E-state index >= 15 is 0 Å². The van der Waals surface area contributed by atoms with Crippen LogP contribution in [0.25, 0.3) is 0 Å². The van der Waals surface area contributed by atoms with Crippen molar-refractivity contribution in [3.63, 3.8) is 0 Å². The predicted octanol–water partition coefficient (Wildman–Crippen LogP) is 0.873. The maximum atomic E-state index is 12.8. The average Bonchev–Trinajstić information content (AvgIpc) is 3.18. The molecule has 2 fully saturated rings. The minimum Gasteiger partial charge on any atom is -0.454 e.